The van der Waals surface area contributed by atoms with E-state index in [0.717, 1.165) is 10.9 Å². The Morgan fingerprint density at radius 1 is 1.19 bits per heavy atom. The van der Waals surface area contributed by atoms with Crippen molar-refractivity contribution in [2.45, 2.75) is 0 Å². The van der Waals surface area contributed by atoms with Gasteiger partial charge in [-0.15, -0.1) is 11.3 Å². The summed E-state index contributed by atoms with van der Waals surface area (Å²) in [5, 5.41) is 5.38. The van der Waals surface area contributed by atoms with Crippen LogP contribution in [0, 0.1) is 0 Å². The number of esters is 1. The van der Waals surface area contributed by atoms with E-state index in [1.165, 1.54) is 18.4 Å². The monoisotopic (exact) mass is 300 g/mol. The fourth-order valence-electron chi connectivity index (χ4n) is 2.11. The summed E-state index contributed by atoms with van der Waals surface area (Å²) in [6, 6.07) is 10.9. The summed E-state index contributed by atoms with van der Waals surface area (Å²) in [6.45, 7) is 0. The first-order valence-electron chi connectivity index (χ1n) is 6.24. The highest BCUT2D eigenvalue weighted by Crippen LogP contribution is 2.29. The van der Waals surface area contributed by atoms with Crippen LogP contribution in [0.15, 0.2) is 41.8 Å². The molecule has 0 fully saturated rings. The summed E-state index contributed by atoms with van der Waals surface area (Å²) in [5.41, 5.74) is 1.44. The van der Waals surface area contributed by atoms with Crippen LogP contribution < -0.4 is 5.32 Å². The minimum atomic E-state index is -0.521. The number of nitrogens with one attached hydrogen (secondary N) is 2. The van der Waals surface area contributed by atoms with Crippen LogP contribution in [0.25, 0.3) is 10.9 Å². The number of anilines is 1. The minimum Gasteiger partial charge on any atom is -0.464 e. The van der Waals surface area contributed by atoms with Gasteiger partial charge in [-0.05, 0) is 17.5 Å². The number of para-hydroxylation sites is 1. The number of aromatic amines is 1. The zero-order chi connectivity index (χ0) is 14.8. The van der Waals surface area contributed by atoms with Crippen LogP contribution in [-0.4, -0.2) is 24.0 Å². The molecule has 0 atom stereocenters. The zero-order valence-electron chi connectivity index (χ0n) is 11.2. The van der Waals surface area contributed by atoms with E-state index in [9.17, 15) is 9.59 Å². The molecule has 0 aliphatic heterocycles. The third kappa shape index (κ3) is 2.41. The predicted molar refractivity (Wildman–Crippen MR) is 81.9 cm³/mol. The van der Waals surface area contributed by atoms with Crippen molar-refractivity contribution in [3.05, 3.63) is 52.3 Å². The van der Waals surface area contributed by atoms with Gasteiger partial charge in [0.15, 0.2) is 0 Å². The number of hydrogen-bond donors (Lipinski definition) is 2. The van der Waals surface area contributed by atoms with E-state index in [-0.39, 0.29) is 11.6 Å². The maximum Gasteiger partial charge on any atom is 0.356 e. The fourth-order valence-corrected chi connectivity index (χ4v) is 2.73. The molecule has 106 valence electrons. The summed E-state index contributed by atoms with van der Waals surface area (Å²) >= 11 is 1.34. The number of ether oxygens (including phenoxy) is 1. The lowest BCUT2D eigenvalue weighted by Gasteiger charge is -2.05. The van der Waals surface area contributed by atoms with Crippen LogP contribution in [0.5, 0.6) is 0 Å². The maximum absolute atomic E-state index is 12.2. The average Bonchev–Trinajstić information content (AvgIpc) is 3.15. The highest BCUT2D eigenvalue weighted by Gasteiger charge is 2.20. The molecule has 0 unspecified atom stereocenters. The second-order valence-corrected chi connectivity index (χ2v) is 5.29. The van der Waals surface area contributed by atoms with Crippen LogP contribution >= 0.6 is 11.3 Å². The third-order valence-electron chi connectivity index (χ3n) is 3.08. The van der Waals surface area contributed by atoms with Crippen LogP contribution in [0.3, 0.4) is 0 Å². The van der Waals surface area contributed by atoms with Crippen LogP contribution in [0.2, 0.25) is 0 Å². The fraction of sp³-hybridized carbons (Fsp3) is 0.0667. The Hall–Kier alpha value is -2.60. The molecule has 6 heteroatoms. The molecule has 2 aromatic heterocycles. The molecule has 0 spiro atoms. The average molecular weight is 300 g/mol. The molecule has 1 amide bonds. The lowest BCUT2D eigenvalue weighted by Crippen LogP contribution is -2.13. The first kappa shape index (κ1) is 13.4. The molecule has 2 N–H and O–H groups in total. The largest absolute Gasteiger partial charge is 0.464 e. The summed E-state index contributed by atoms with van der Waals surface area (Å²) in [4.78, 5) is 27.6. The van der Waals surface area contributed by atoms with Crippen molar-refractivity contribution in [2.75, 3.05) is 12.4 Å². The van der Waals surface area contributed by atoms with E-state index < -0.39 is 5.97 Å². The van der Waals surface area contributed by atoms with Gasteiger partial charge in [0, 0.05) is 10.9 Å². The molecule has 0 aliphatic rings. The number of benzene rings is 1. The molecule has 1 aromatic carbocycles. The third-order valence-corrected chi connectivity index (χ3v) is 3.95. The number of amides is 1. The summed E-state index contributed by atoms with van der Waals surface area (Å²) in [7, 11) is 1.30. The zero-order valence-corrected chi connectivity index (χ0v) is 12.0. The van der Waals surface area contributed by atoms with E-state index in [1.54, 1.807) is 12.1 Å². The number of H-pyrrole nitrogens is 1. The van der Waals surface area contributed by atoms with E-state index in [2.05, 4.69) is 10.3 Å². The number of carbonyl (C=O) groups is 2. The Morgan fingerprint density at radius 3 is 2.71 bits per heavy atom. The Morgan fingerprint density at radius 2 is 2.00 bits per heavy atom. The molecule has 0 saturated carbocycles. The van der Waals surface area contributed by atoms with Gasteiger partial charge in [0.1, 0.15) is 5.69 Å². The molecule has 2 heterocycles. The van der Waals surface area contributed by atoms with Crippen molar-refractivity contribution < 1.29 is 14.3 Å². The van der Waals surface area contributed by atoms with E-state index in [1.807, 2.05) is 29.6 Å². The highest BCUT2D eigenvalue weighted by molar-refractivity contribution is 7.12. The van der Waals surface area contributed by atoms with Gasteiger partial charge >= 0.3 is 5.97 Å². The Balaban J connectivity index is 2.07. The standard InChI is InChI=1S/C15H12N2O3S/c1-20-15(19)13-12(9-5-2-3-6-10(9)16-13)17-14(18)11-7-4-8-21-11/h2-8,16H,1H3,(H,17,18). The van der Waals surface area contributed by atoms with Gasteiger partial charge in [-0.3, -0.25) is 4.79 Å². The number of carbonyl (C=O) groups excluding carboxylic acids is 2. The molecular formula is C15H12N2O3S. The van der Waals surface area contributed by atoms with Crippen molar-refractivity contribution >= 4 is 39.8 Å². The Bertz CT molecular complexity index is 806. The van der Waals surface area contributed by atoms with Crippen molar-refractivity contribution in [2.24, 2.45) is 0 Å². The Kier molecular flexibility index (Phi) is 3.45. The first-order chi connectivity index (χ1) is 10.2. The Labute approximate surface area is 124 Å². The van der Waals surface area contributed by atoms with E-state index in [4.69, 9.17) is 4.74 Å². The molecule has 3 aromatic rings. The second-order valence-electron chi connectivity index (χ2n) is 4.34. The molecule has 0 aliphatic carbocycles. The molecule has 0 bridgehead atoms. The van der Waals surface area contributed by atoms with E-state index >= 15 is 0 Å². The normalized spacial score (nSPS) is 10.5. The summed E-state index contributed by atoms with van der Waals surface area (Å²) in [5.74, 6) is -0.771. The van der Waals surface area contributed by atoms with Gasteiger partial charge in [0.25, 0.3) is 5.91 Å². The number of fused-ring (bicyclic) bond motifs is 1. The van der Waals surface area contributed by atoms with Crippen LogP contribution in [0.1, 0.15) is 20.2 Å². The van der Waals surface area contributed by atoms with Crippen molar-refractivity contribution in [3.8, 4) is 0 Å². The SMILES string of the molecule is COC(=O)c1[nH]c2ccccc2c1NC(=O)c1cccs1. The summed E-state index contributed by atoms with van der Waals surface area (Å²) < 4.78 is 4.76. The molecule has 0 radical (unpaired) electrons. The molecule has 0 saturated heterocycles. The van der Waals surface area contributed by atoms with E-state index in [0.29, 0.717) is 10.6 Å². The topological polar surface area (TPSA) is 71.2 Å². The first-order valence-corrected chi connectivity index (χ1v) is 7.12. The molecule has 21 heavy (non-hydrogen) atoms. The minimum absolute atomic E-state index is 0.239. The number of hydrogen-bond acceptors (Lipinski definition) is 4. The second kappa shape index (κ2) is 5.41. The lowest BCUT2D eigenvalue weighted by atomic mass is 10.2. The number of thiophene rings is 1. The molecule has 3 rings (SSSR count). The van der Waals surface area contributed by atoms with Gasteiger partial charge in [-0.25, -0.2) is 4.79 Å². The number of methoxy groups -OCH3 is 1. The van der Waals surface area contributed by atoms with Crippen LogP contribution in [0.4, 0.5) is 5.69 Å². The van der Waals surface area contributed by atoms with Gasteiger partial charge in [0.2, 0.25) is 0 Å². The van der Waals surface area contributed by atoms with Gasteiger partial charge in [0.05, 0.1) is 17.7 Å². The van der Waals surface area contributed by atoms with Gasteiger partial charge < -0.3 is 15.0 Å². The number of aromatic nitrogens is 1. The van der Waals surface area contributed by atoms with Gasteiger partial charge in [-0.2, -0.15) is 0 Å². The molecular weight excluding hydrogens is 288 g/mol. The highest BCUT2D eigenvalue weighted by atomic mass is 32.1. The van der Waals surface area contributed by atoms with Crippen molar-refractivity contribution in [1.82, 2.24) is 4.98 Å². The lowest BCUT2D eigenvalue weighted by molar-refractivity contribution is 0.0596. The van der Waals surface area contributed by atoms with Gasteiger partial charge in [-0.1, -0.05) is 24.3 Å². The van der Waals surface area contributed by atoms with Crippen molar-refractivity contribution in [3.63, 3.8) is 0 Å². The molecule has 5 nitrogen and oxygen atoms in total. The van der Waals surface area contributed by atoms with Crippen molar-refractivity contribution in [1.29, 1.82) is 0 Å². The maximum atomic E-state index is 12.2. The predicted octanol–water partition coefficient (Wildman–Crippen LogP) is 3.27. The number of rotatable bonds is 3. The summed E-state index contributed by atoms with van der Waals surface area (Å²) in [6.07, 6.45) is 0. The smallest absolute Gasteiger partial charge is 0.356 e. The quantitative estimate of drug-likeness (QED) is 0.729. The van der Waals surface area contributed by atoms with Crippen LogP contribution in [-0.2, 0) is 4.74 Å².